The first-order valence-corrected chi connectivity index (χ1v) is 6.02. The zero-order chi connectivity index (χ0) is 11.6. The predicted octanol–water partition coefficient (Wildman–Crippen LogP) is 0.837. The normalized spacial score (nSPS) is 17.8. The summed E-state index contributed by atoms with van der Waals surface area (Å²) >= 11 is 0. The van der Waals surface area contributed by atoms with E-state index in [1.807, 2.05) is 13.0 Å². The van der Waals surface area contributed by atoms with Crippen molar-refractivity contribution in [2.75, 3.05) is 26.3 Å². The molecule has 0 aromatic carbocycles. The van der Waals surface area contributed by atoms with Gasteiger partial charge in [-0.05, 0) is 32.7 Å². The van der Waals surface area contributed by atoms with Crippen LogP contribution in [-0.4, -0.2) is 38.3 Å². The molecular formula is C12H22N2O2. The van der Waals surface area contributed by atoms with Gasteiger partial charge in [-0.1, -0.05) is 12.2 Å². The van der Waals surface area contributed by atoms with Gasteiger partial charge in [-0.3, -0.25) is 4.79 Å². The fourth-order valence-electron chi connectivity index (χ4n) is 1.67. The minimum absolute atomic E-state index is 0.0902. The number of rotatable bonds is 6. The standard InChI is InChI=1S/C12H22N2O2/c1-2-3-4-7-13-10-12(15)14-11-5-8-16-9-6-11/h2-3,11,13H,4-10H2,1H3,(H,14,15)/b3-2+. The molecule has 0 bridgehead atoms. The average molecular weight is 226 g/mol. The van der Waals surface area contributed by atoms with Crippen molar-refractivity contribution in [2.45, 2.75) is 32.2 Å². The van der Waals surface area contributed by atoms with Gasteiger partial charge in [0.05, 0.1) is 6.54 Å². The van der Waals surface area contributed by atoms with Crippen LogP contribution >= 0.6 is 0 Å². The van der Waals surface area contributed by atoms with E-state index in [2.05, 4.69) is 16.7 Å². The molecule has 1 amide bonds. The molecule has 0 aromatic rings. The highest BCUT2D eigenvalue weighted by Crippen LogP contribution is 2.05. The molecule has 4 nitrogen and oxygen atoms in total. The lowest BCUT2D eigenvalue weighted by molar-refractivity contribution is -0.121. The Morgan fingerprint density at radius 3 is 2.88 bits per heavy atom. The van der Waals surface area contributed by atoms with E-state index in [0.717, 1.165) is 39.0 Å². The largest absolute Gasteiger partial charge is 0.381 e. The van der Waals surface area contributed by atoms with Crippen molar-refractivity contribution in [3.05, 3.63) is 12.2 Å². The molecule has 1 aliphatic heterocycles. The molecule has 0 atom stereocenters. The summed E-state index contributed by atoms with van der Waals surface area (Å²) in [4.78, 5) is 11.5. The van der Waals surface area contributed by atoms with E-state index in [0.29, 0.717) is 12.6 Å². The van der Waals surface area contributed by atoms with E-state index in [-0.39, 0.29) is 5.91 Å². The molecular weight excluding hydrogens is 204 g/mol. The maximum atomic E-state index is 11.5. The summed E-state index contributed by atoms with van der Waals surface area (Å²) in [6.45, 7) is 4.79. The molecule has 1 fully saturated rings. The summed E-state index contributed by atoms with van der Waals surface area (Å²) in [6.07, 6.45) is 6.95. The second kappa shape index (κ2) is 8.30. The third-order valence-corrected chi connectivity index (χ3v) is 2.60. The number of nitrogens with one attached hydrogen (secondary N) is 2. The molecule has 0 aromatic heterocycles. The summed E-state index contributed by atoms with van der Waals surface area (Å²) in [5, 5.41) is 6.13. The van der Waals surface area contributed by atoms with Gasteiger partial charge in [-0.15, -0.1) is 0 Å². The van der Waals surface area contributed by atoms with Crippen LogP contribution in [0.3, 0.4) is 0 Å². The van der Waals surface area contributed by atoms with Crippen LogP contribution in [0.5, 0.6) is 0 Å². The van der Waals surface area contributed by atoms with Gasteiger partial charge in [0, 0.05) is 19.3 Å². The number of hydrogen-bond donors (Lipinski definition) is 2. The molecule has 92 valence electrons. The molecule has 0 radical (unpaired) electrons. The molecule has 1 aliphatic rings. The van der Waals surface area contributed by atoms with Crippen molar-refractivity contribution in [3.63, 3.8) is 0 Å². The lowest BCUT2D eigenvalue weighted by Gasteiger charge is -2.23. The van der Waals surface area contributed by atoms with Gasteiger partial charge in [0.1, 0.15) is 0 Å². The fraction of sp³-hybridized carbons (Fsp3) is 0.750. The van der Waals surface area contributed by atoms with Crippen LogP contribution in [-0.2, 0) is 9.53 Å². The van der Waals surface area contributed by atoms with Crippen molar-refractivity contribution in [3.8, 4) is 0 Å². The molecule has 1 heterocycles. The second-order valence-electron chi connectivity index (χ2n) is 3.99. The Balaban J connectivity index is 2.01. The van der Waals surface area contributed by atoms with Gasteiger partial charge in [-0.25, -0.2) is 0 Å². The Morgan fingerprint density at radius 1 is 1.44 bits per heavy atom. The van der Waals surface area contributed by atoms with Gasteiger partial charge in [0.25, 0.3) is 0 Å². The van der Waals surface area contributed by atoms with Crippen molar-refractivity contribution < 1.29 is 9.53 Å². The van der Waals surface area contributed by atoms with Crippen LogP contribution in [0.2, 0.25) is 0 Å². The quantitative estimate of drug-likeness (QED) is 0.521. The lowest BCUT2D eigenvalue weighted by atomic mass is 10.1. The molecule has 1 saturated heterocycles. The van der Waals surface area contributed by atoms with Crippen LogP contribution in [0.25, 0.3) is 0 Å². The highest BCUT2D eigenvalue weighted by Gasteiger charge is 2.15. The van der Waals surface area contributed by atoms with Gasteiger partial charge in [0.2, 0.25) is 5.91 Å². The Kier molecular flexibility index (Phi) is 6.85. The average Bonchev–Trinajstić information content (AvgIpc) is 2.30. The number of allylic oxidation sites excluding steroid dienone is 1. The van der Waals surface area contributed by atoms with Gasteiger partial charge >= 0.3 is 0 Å². The number of carbonyl (C=O) groups excluding carboxylic acids is 1. The number of ether oxygens (including phenoxy) is 1. The molecule has 2 N–H and O–H groups in total. The van der Waals surface area contributed by atoms with Crippen molar-refractivity contribution in [2.24, 2.45) is 0 Å². The summed E-state index contributed by atoms with van der Waals surface area (Å²) in [5.41, 5.74) is 0. The van der Waals surface area contributed by atoms with E-state index in [4.69, 9.17) is 4.74 Å². The zero-order valence-electron chi connectivity index (χ0n) is 10.00. The lowest BCUT2D eigenvalue weighted by Crippen LogP contribution is -2.43. The van der Waals surface area contributed by atoms with Crippen molar-refractivity contribution >= 4 is 5.91 Å². The van der Waals surface area contributed by atoms with Crippen molar-refractivity contribution in [1.82, 2.24) is 10.6 Å². The Morgan fingerprint density at radius 2 is 2.19 bits per heavy atom. The van der Waals surface area contributed by atoms with Crippen LogP contribution in [0.1, 0.15) is 26.2 Å². The maximum Gasteiger partial charge on any atom is 0.234 e. The smallest absolute Gasteiger partial charge is 0.234 e. The van der Waals surface area contributed by atoms with E-state index in [1.54, 1.807) is 0 Å². The molecule has 0 saturated carbocycles. The second-order valence-corrected chi connectivity index (χ2v) is 3.99. The number of hydrogen-bond acceptors (Lipinski definition) is 3. The van der Waals surface area contributed by atoms with Gasteiger partial charge < -0.3 is 15.4 Å². The third kappa shape index (κ3) is 5.88. The summed E-state index contributed by atoms with van der Waals surface area (Å²) < 4.78 is 5.23. The fourth-order valence-corrected chi connectivity index (χ4v) is 1.67. The number of amides is 1. The van der Waals surface area contributed by atoms with E-state index in [9.17, 15) is 4.79 Å². The van der Waals surface area contributed by atoms with Crippen LogP contribution in [0.4, 0.5) is 0 Å². The predicted molar refractivity (Wildman–Crippen MR) is 64.3 cm³/mol. The Labute approximate surface area is 97.4 Å². The van der Waals surface area contributed by atoms with E-state index >= 15 is 0 Å². The summed E-state index contributed by atoms with van der Waals surface area (Å²) in [7, 11) is 0. The van der Waals surface area contributed by atoms with E-state index in [1.165, 1.54) is 0 Å². The SMILES string of the molecule is C/C=C/CCNCC(=O)NC1CCOCC1. The zero-order valence-corrected chi connectivity index (χ0v) is 10.00. The summed E-state index contributed by atoms with van der Waals surface area (Å²) in [6, 6.07) is 0.304. The van der Waals surface area contributed by atoms with Crippen molar-refractivity contribution in [1.29, 1.82) is 0 Å². The molecule has 0 unspecified atom stereocenters. The highest BCUT2D eigenvalue weighted by atomic mass is 16.5. The summed E-state index contributed by atoms with van der Waals surface area (Å²) in [5.74, 6) is 0.0902. The molecule has 0 spiro atoms. The minimum atomic E-state index is 0.0902. The Bertz CT molecular complexity index is 223. The number of carbonyl (C=O) groups is 1. The minimum Gasteiger partial charge on any atom is -0.381 e. The highest BCUT2D eigenvalue weighted by molar-refractivity contribution is 5.78. The molecule has 16 heavy (non-hydrogen) atoms. The molecule has 1 rings (SSSR count). The molecule has 4 heteroatoms. The maximum absolute atomic E-state index is 11.5. The Hall–Kier alpha value is -0.870. The van der Waals surface area contributed by atoms with E-state index < -0.39 is 0 Å². The van der Waals surface area contributed by atoms with Gasteiger partial charge in [0.15, 0.2) is 0 Å². The molecule has 0 aliphatic carbocycles. The first-order chi connectivity index (χ1) is 7.83. The van der Waals surface area contributed by atoms with Crippen LogP contribution < -0.4 is 10.6 Å². The first kappa shape index (κ1) is 13.2. The topological polar surface area (TPSA) is 50.4 Å². The first-order valence-electron chi connectivity index (χ1n) is 6.02. The third-order valence-electron chi connectivity index (χ3n) is 2.60. The van der Waals surface area contributed by atoms with Gasteiger partial charge in [-0.2, -0.15) is 0 Å². The van der Waals surface area contributed by atoms with Crippen LogP contribution in [0, 0.1) is 0 Å². The monoisotopic (exact) mass is 226 g/mol. The van der Waals surface area contributed by atoms with Crippen LogP contribution in [0.15, 0.2) is 12.2 Å².